The minimum atomic E-state index is -0.625. The third kappa shape index (κ3) is 0.614. The topological polar surface area (TPSA) is 87.6 Å². The van der Waals surface area contributed by atoms with Gasteiger partial charge in [-0.25, -0.2) is 11.8 Å². The molecule has 2 atom stereocenters. The van der Waals surface area contributed by atoms with Gasteiger partial charge in [-0.15, -0.1) is 0 Å². The fourth-order valence-electron chi connectivity index (χ4n) is 0.473. The molecule has 0 saturated heterocycles. The van der Waals surface area contributed by atoms with Gasteiger partial charge in [-0.05, 0) is 0 Å². The molecule has 0 heterocycles. The van der Waals surface area contributed by atoms with Gasteiger partial charge in [0.15, 0.2) is 12.2 Å². The Morgan fingerprint density at radius 2 is 1.62 bits per heavy atom. The van der Waals surface area contributed by atoms with E-state index in [-0.39, 0.29) is 5.78 Å². The Balaban J connectivity index is 2.34. The van der Waals surface area contributed by atoms with Crippen LogP contribution in [0.1, 0.15) is 0 Å². The van der Waals surface area contributed by atoms with Crippen LogP contribution in [0.3, 0.4) is 0 Å². The summed E-state index contributed by atoms with van der Waals surface area (Å²) in [5, 5.41) is 0. The normalized spacial score (nSPS) is 35.5. The second-order valence-corrected chi connectivity index (χ2v) is 1.52. The van der Waals surface area contributed by atoms with E-state index in [0.717, 1.165) is 0 Å². The van der Waals surface area contributed by atoms with E-state index in [9.17, 15) is 4.79 Å². The van der Waals surface area contributed by atoms with E-state index >= 15 is 0 Å². The quantitative estimate of drug-likeness (QED) is 0.413. The average Bonchev–Trinajstić information content (AvgIpc) is 2.40. The Morgan fingerprint density at radius 1 is 1.25 bits per heavy atom. The van der Waals surface area contributed by atoms with Crippen molar-refractivity contribution in [2.75, 3.05) is 0 Å². The summed E-state index contributed by atoms with van der Waals surface area (Å²) < 4.78 is 0. The number of ketones is 1. The SMILES string of the molecule is NOC1C(=O)C1ON. The van der Waals surface area contributed by atoms with Crippen LogP contribution < -0.4 is 11.8 Å². The smallest absolute Gasteiger partial charge is 0.200 e. The van der Waals surface area contributed by atoms with Crippen LogP contribution in [0, 0.1) is 0 Å². The first-order valence-corrected chi connectivity index (χ1v) is 2.06. The minimum Gasteiger partial charge on any atom is -0.293 e. The Bertz CT molecular complexity index is 103. The lowest BCUT2D eigenvalue weighted by molar-refractivity contribution is -0.115. The molecule has 4 N–H and O–H groups in total. The average molecular weight is 118 g/mol. The molecule has 1 saturated carbocycles. The molecule has 0 radical (unpaired) electrons. The van der Waals surface area contributed by atoms with Gasteiger partial charge in [0, 0.05) is 0 Å². The molecular weight excluding hydrogens is 112 g/mol. The first-order chi connectivity index (χ1) is 3.81. The first kappa shape index (κ1) is 5.64. The fourth-order valence-corrected chi connectivity index (χ4v) is 0.473. The Hall–Kier alpha value is -0.490. The molecule has 46 valence electrons. The maximum Gasteiger partial charge on any atom is 0.200 e. The first-order valence-electron chi connectivity index (χ1n) is 2.06. The summed E-state index contributed by atoms with van der Waals surface area (Å²) in [6, 6.07) is 0. The molecule has 1 aliphatic carbocycles. The summed E-state index contributed by atoms with van der Waals surface area (Å²) in [5.74, 6) is 9.07. The van der Waals surface area contributed by atoms with Crippen LogP contribution in [0.5, 0.6) is 0 Å². The second-order valence-electron chi connectivity index (χ2n) is 1.52. The zero-order chi connectivity index (χ0) is 6.15. The van der Waals surface area contributed by atoms with Gasteiger partial charge in [0.05, 0.1) is 0 Å². The van der Waals surface area contributed by atoms with Crippen molar-refractivity contribution in [1.29, 1.82) is 0 Å². The van der Waals surface area contributed by atoms with Crippen LogP contribution in [0.15, 0.2) is 0 Å². The number of hydrogen-bond donors (Lipinski definition) is 2. The second kappa shape index (κ2) is 1.79. The lowest BCUT2D eigenvalue weighted by Crippen LogP contribution is -2.10. The number of hydrogen-bond acceptors (Lipinski definition) is 5. The molecule has 1 aliphatic rings. The molecule has 0 aromatic carbocycles. The molecule has 0 aromatic rings. The molecule has 1 rings (SSSR count). The molecule has 1 fully saturated rings. The number of Topliss-reactive ketones (excluding diaryl/α,β-unsaturated/α-hetero) is 1. The summed E-state index contributed by atoms with van der Waals surface area (Å²) in [7, 11) is 0. The predicted molar refractivity (Wildman–Crippen MR) is 23.1 cm³/mol. The van der Waals surface area contributed by atoms with Crippen molar-refractivity contribution in [2.45, 2.75) is 12.2 Å². The third-order valence-corrected chi connectivity index (χ3v) is 1.02. The van der Waals surface area contributed by atoms with Crippen molar-refractivity contribution in [3.63, 3.8) is 0 Å². The Morgan fingerprint density at radius 3 is 1.75 bits per heavy atom. The molecule has 2 unspecified atom stereocenters. The molecule has 0 amide bonds. The monoisotopic (exact) mass is 118 g/mol. The molecule has 5 heteroatoms. The van der Waals surface area contributed by atoms with Gasteiger partial charge < -0.3 is 0 Å². The molecular formula is C3H6N2O3. The third-order valence-electron chi connectivity index (χ3n) is 1.02. The molecule has 5 nitrogen and oxygen atoms in total. The van der Waals surface area contributed by atoms with Gasteiger partial charge in [-0.1, -0.05) is 0 Å². The van der Waals surface area contributed by atoms with Crippen molar-refractivity contribution < 1.29 is 14.5 Å². The van der Waals surface area contributed by atoms with Crippen LogP contribution in [-0.4, -0.2) is 18.0 Å². The van der Waals surface area contributed by atoms with Crippen molar-refractivity contribution in [3.8, 4) is 0 Å². The van der Waals surface area contributed by atoms with Gasteiger partial charge in [0.25, 0.3) is 0 Å². The fraction of sp³-hybridized carbons (Fsp3) is 0.667. The Kier molecular flexibility index (Phi) is 1.26. The molecule has 0 aromatic heterocycles. The highest BCUT2D eigenvalue weighted by atomic mass is 16.7. The largest absolute Gasteiger partial charge is 0.293 e. The van der Waals surface area contributed by atoms with Crippen molar-refractivity contribution in [1.82, 2.24) is 0 Å². The lowest BCUT2D eigenvalue weighted by Gasteiger charge is -1.86. The van der Waals surface area contributed by atoms with Crippen LogP contribution >= 0.6 is 0 Å². The van der Waals surface area contributed by atoms with Gasteiger partial charge in [-0.2, -0.15) is 0 Å². The molecule has 0 spiro atoms. The summed E-state index contributed by atoms with van der Waals surface area (Å²) >= 11 is 0. The highest BCUT2D eigenvalue weighted by molar-refractivity contribution is 6.04. The van der Waals surface area contributed by atoms with E-state index in [0.29, 0.717) is 0 Å². The van der Waals surface area contributed by atoms with E-state index in [1.165, 1.54) is 0 Å². The zero-order valence-electron chi connectivity index (χ0n) is 4.03. The molecule has 0 bridgehead atoms. The highest BCUT2D eigenvalue weighted by Gasteiger charge is 2.52. The Labute approximate surface area is 45.4 Å². The predicted octanol–water partition coefficient (Wildman–Crippen LogP) is -1.91. The number of nitrogens with two attached hydrogens (primary N) is 2. The van der Waals surface area contributed by atoms with E-state index in [2.05, 4.69) is 21.5 Å². The standard InChI is InChI=1S/C3H6N2O3/c4-7-2-1(6)3(2)8-5/h2-3H,4-5H2. The van der Waals surface area contributed by atoms with Crippen LogP contribution in [0.25, 0.3) is 0 Å². The molecule has 8 heavy (non-hydrogen) atoms. The van der Waals surface area contributed by atoms with E-state index < -0.39 is 12.2 Å². The summed E-state index contributed by atoms with van der Waals surface area (Å²) in [5.41, 5.74) is 0. The van der Waals surface area contributed by atoms with Crippen molar-refractivity contribution in [2.24, 2.45) is 11.8 Å². The summed E-state index contributed by atoms with van der Waals surface area (Å²) in [6.07, 6.45) is -1.25. The van der Waals surface area contributed by atoms with Crippen LogP contribution in [-0.2, 0) is 14.5 Å². The van der Waals surface area contributed by atoms with Crippen molar-refractivity contribution >= 4 is 5.78 Å². The van der Waals surface area contributed by atoms with E-state index in [4.69, 9.17) is 0 Å². The van der Waals surface area contributed by atoms with Crippen molar-refractivity contribution in [3.05, 3.63) is 0 Å². The lowest BCUT2D eigenvalue weighted by atomic mass is 10.8. The maximum absolute atomic E-state index is 10.3. The van der Waals surface area contributed by atoms with E-state index in [1.54, 1.807) is 0 Å². The number of carbonyl (C=O) groups is 1. The van der Waals surface area contributed by atoms with Crippen LogP contribution in [0.4, 0.5) is 0 Å². The van der Waals surface area contributed by atoms with Gasteiger partial charge >= 0.3 is 0 Å². The molecule has 0 aliphatic heterocycles. The maximum atomic E-state index is 10.3. The zero-order valence-corrected chi connectivity index (χ0v) is 4.03. The van der Waals surface area contributed by atoms with Gasteiger partial charge in [0.2, 0.25) is 5.78 Å². The van der Waals surface area contributed by atoms with Crippen LogP contribution in [0.2, 0.25) is 0 Å². The number of rotatable bonds is 2. The minimum absolute atomic E-state index is 0.199. The number of carbonyl (C=O) groups excluding carboxylic acids is 1. The van der Waals surface area contributed by atoms with Gasteiger partial charge in [0.1, 0.15) is 0 Å². The highest BCUT2D eigenvalue weighted by Crippen LogP contribution is 2.20. The van der Waals surface area contributed by atoms with E-state index in [1.807, 2.05) is 0 Å². The van der Waals surface area contributed by atoms with Gasteiger partial charge in [-0.3, -0.25) is 14.5 Å². The summed E-state index contributed by atoms with van der Waals surface area (Å²) in [4.78, 5) is 18.5. The summed E-state index contributed by atoms with van der Waals surface area (Å²) in [6.45, 7) is 0.